The molecule has 0 bridgehead atoms. The molecule has 2 aliphatic rings. The molecule has 0 heterocycles. The van der Waals surface area contributed by atoms with Gasteiger partial charge in [0.05, 0.1) is 0 Å². The number of rotatable bonds is 1. The van der Waals surface area contributed by atoms with Crippen LogP contribution in [0.1, 0.15) is 20.3 Å². The lowest BCUT2D eigenvalue weighted by Gasteiger charge is -2.06. The summed E-state index contributed by atoms with van der Waals surface area (Å²) in [7, 11) is 0. The molecule has 2 rings (SSSR count). The maximum absolute atomic E-state index is 3.47. The van der Waals surface area contributed by atoms with Crippen LogP contribution < -0.4 is 0 Å². The van der Waals surface area contributed by atoms with Crippen LogP contribution in [0.2, 0.25) is 0 Å². The highest BCUT2D eigenvalue weighted by Gasteiger charge is 2.24. The van der Waals surface area contributed by atoms with Gasteiger partial charge in [0.25, 0.3) is 0 Å². The summed E-state index contributed by atoms with van der Waals surface area (Å²) < 4.78 is 0. The minimum absolute atomic E-state index is 0.491. The van der Waals surface area contributed by atoms with E-state index in [1.165, 1.54) is 16.7 Å². The van der Waals surface area contributed by atoms with E-state index in [1.807, 2.05) is 0 Å². The minimum atomic E-state index is 0.491. The van der Waals surface area contributed by atoms with E-state index in [4.69, 9.17) is 0 Å². The highest BCUT2D eigenvalue weighted by Crippen LogP contribution is 2.38. The van der Waals surface area contributed by atoms with Crippen molar-refractivity contribution in [1.82, 2.24) is 0 Å². The lowest BCUT2D eigenvalue weighted by atomic mass is 9.98. The zero-order valence-electron chi connectivity index (χ0n) is 8.17. The lowest BCUT2D eigenvalue weighted by molar-refractivity contribution is 0.942. The van der Waals surface area contributed by atoms with Crippen LogP contribution in [0.4, 0.5) is 0 Å². The summed E-state index contributed by atoms with van der Waals surface area (Å²) in [5.74, 6) is 0.491. The molecule has 0 N–H and O–H groups in total. The van der Waals surface area contributed by atoms with Gasteiger partial charge in [0, 0.05) is 12.3 Å². The summed E-state index contributed by atoms with van der Waals surface area (Å²) in [5, 5.41) is 0. The summed E-state index contributed by atoms with van der Waals surface area (Å²) >= 11 is 0. The van der Waals surface area contributed by atoms with Gasteiger partial charge in [-0.3, -0.25) is 0 Å². The van der Waals surface area contributed by atoms with Gasteiger partial charge in [-0.2, -0.15) is 0 Å². The van der Waals surface area contributed by atoms with E-state index in [-0.39, 0.29) is 0 Å². The second-order valence-electron chi connectivity index (χ2n) is 3.51. The SMILES string of the molecule is CCC1=C(C)C2C=CC=CC=C2[C]1. The van der Waals surface area contributed by atoms with Crippen molar-refractivity contribution in [3.05, 3.63) is 53.5 Å². The molecular formula is C13H14. The largest absolute Gasteiger partial charge is 0.0733 e. The third-order valence-electron chi connectivity index (χ3n) is 2.73. The molecule has 0 aromatic heterocycles. The topological polar surface area (TPSA) is 0 Å². The molecule has 0 spiro atoms. The zero-order valence-corrected chi connectivity index (χ0v) is 8.17. The predicted octanol–water partition coefficient (Wildman–Crippen LogP) is 3.48. The van der Waals surface area contributed by atoms with Gasteiger partial charge in [-0.1, -0.05) is 48.5 Å². The number of hydrogen-bond donors (Lipinski definition) is 0. The quantitative estimate of drug-likeness (QED) is 0.565. The first-order valence-corrected chi connectivity index (χ1v) is 4.84. The van der Waals surface area contributed by atoms with Gasteiger partial charge < -0.3 is 0 Å². The number of allylic oxidation sites excluding steroid dienone is 8. The van der Waals surface area contributed by atoms with Gasteiger partial charge in [0.2, 0.25) is 0 Å². The fourth-order valence-electron chi connectivity index (χ4n) is 1.93. The summed E-state index contributed by atoms with van der Waals surface area (Å²) in [4.78, 5) is 0. The van der Waals surface area contributed by atoms with Crippen molar-refractivity contribution in [3.8, 4) is 0 Å². The van der Waals surface area contributed by atoms with Crippen LogP contribution in [0.15, 0.2) is 47.1 Å². The van der Waals surface area contributed by atoms with Crippen LogP contribution in [0.5, 0.6) is 0 Å². The summed E-state index contributed by atoms with van der Waals surface area (Å²) in [6.07, 6.45) is 15.3. The molecule has 13 heavy (non-hydrogen) atoms. The molecule has 0 aromatic carbocycles. The van der Waals surface area contributed by atoms with Crippen LogP contribution in [0.25, 0.3) is 0 Å². The Morgan fingerprint density at radius 3 is 2.92 bits per heavy atom. The maximum Gasteiger partial charge on any atom is 0.0422 e. The Hall–Kier alpha value is -1.04. The van der Waals surface area contributed by atoms with Crippen molar-refractivity contribution in [2.75, 3.05) is 0 Å². The molecule has 2 aliphatic carbocycles. The highest BCUT2D eigenvalue weighted by molar-refractivity contribution is 5.51. The molecule has 1 unspecified atom stereocenters. The van der Waals surface area contributed by atoms with E-state index in [9.17, 15) is 0 Å². The van der Waals surface area contributed by atoms with Crippen molar-refractivity contribution in [2.45, 2.75) is 20.3 Å². The van der Waals surface area contributed by atoms with Crippen LogP contribution in [-0.4, -0.2) is 0 Å². The Labute approximate surface area is 80.3 Å². The minimum Gasteiger partial charge on any atom is -0.0733 e. The van der Waals surface area contributed by atoms with Gasteiger partial charge >= 0.3 is 0 Å². The van der Waals surface area contributed by atoms with Crippen LogP contribution in [0, 0.1) is 12.3 Å². The molecule has 1 atom stereocenters. The Bertz CT molecular complexity index is 324. The average Bonchev–Trinajstić information content (AvgIpc) is 2.37. The van der Waals surface area contributed by atoms with Gasteiger partial charge in [-0.25, -0.2) is 0 Å². The third kappa shape index (κ3) is 1.41. The van der Waals surface area contributed by atoms with Crippen molar-refractivity contribution in [1.29, 1.82) is 0 Å². The first-order chi connectivity index (χ1) is 6.33. The molecule has 0 saturated carbocycles. The monoisotopic (exact) mass is 170 g/mol. The normalized spacial score (nSPS) is 26.0. The van der Waals surface area contributed by atoms with E-state index in [2.05, 4.69) is 50.6 Å². The maximum atomic E-state index is 3.47. The molecule has 2 radical (unpaired) electrons. The molecule has 0 aliphatic heterocycles. The smallest absolute Gasteiger partial charge is 0.0422 e. The van der Waals surface area contributed by atoms with Gasteiger partial charge in [-0.15, -0.1) is 0 Å². The summed E-state index contributed by atoms with van der Waals surface area (Å²) in [6, 6.07) is 0. The van der Waals surface area contributed by atoms with Crippen LogP contribution in [-0.2, 0) is 0 Å². The van der Waals surface area contributed by atoms with Gasteiger partial charge in [0.15, 0.2) is 0 Å². The van der Waals surface area contributed by atoms with E-state index in [0.29, 0.717) is 5.92 Å². The molecule has 0 heteroatoms. The molecule has 0 nitrogen and oxygen atoms in total. The van der Waals surface area contributed by atoms with Crippen molar-refractivity contribution in [2.24, 2.45) is 5.92 Å². The predicted molar refractivity (Wildman–Crippen MR) is 56.1 cm³/mol. The lowest BCUT2D eigenvalue weighted by Crippen LogP contribution is -1.94. The first kappa shape index (κ1) is 8.55. The fraction of sp³-hybridized carbons (Fsp3) is 0.308. The summed E-state index contributed by atoms with van der Waals surface area (Å²) in [6.45, 7) is 4.41. The summed E-state index contributed by atoms with van der Waals surface area (Å²) in [5.41, 5.74) is 4.17. The molecular weight excluding hydrogens is 156 g/mol. The molecule has 0 aromatic rings. The Morgan fingerprint density at radius 2 is 2.15 bits per heavy atom. The van der Waals surface area contributed by atoms with E-state index in [0.717, 1.165) is 6.42 Å². The standard InChI is InChI=1S/C13H14/c1-3-11-9-12-7-5-4-6-8-13(12)10(11)2/h4-8,13H,3H2,1-2H3. The highest BCUT2D eigenvalue weighted by atomic mass is 14.3. The van der Waals surface area contributed by atoms with Gasteiger partial charge in [0.1, 0.15) is 0 Å². The van der Waals surface area contributed by atoms with Crippen LogP contribution >= 0.6 is 0 Å². The number of hydrogen-bond acceptors (Lipinski definition) is 0. The second-order valence-corrected chi connectivity index (χ2v) is 3.51. The second kappa shape index (κ2) is 3.37. The van der Waals surface area contributed by atoms with Crippen molar-refractivity contribution in [3.63, 3.8) is 0 Å². The van der Waals surface area contributed by atoms with E-state index < -0.39 is 0 Å². The van der Waals surface area contributed by atoms with E-state index >= 15 is 0 Å². The average molecular weight is 170 g/mol. The van der Waals surface area contributed by atoms with E-state index in [1.54, 1.807) is 0 Å². The molecule has 0 saturated heterocycles. The molecule has 66 valence electrons. The first-order valence-electron chi connectivity index (χ1n) is 4.84. The third-order valence-corrected chi connectivity index (χ3v) is 2.73. The Morgan fingerprint density at radius 1 is 1.31 bits per heavy atom. The van der Waals surface area contributed by atoms with Crippen molar-refractivity contribution < 1.29 is 0 Å². The molecule has 0 fully saturated rings. The van der Waals surface area contributed by atoms with Crippen LogP contribution in [0.3, 0.4) is 0 Å². The van der Waals surface area contributed by atoms with Gasteiger partial charge in [-0.05, 0) is 18.9 Å². The Balaban J connectivity index is 2.35. The van der Waals surface area contributed by atoms with Crippen molar-refractivity contribution >= 4 is 0 Å². The Kier molecular flexibility index (Phi) is 2.22. The fourth-order valence-corrected chi connectivity index (χ4v) is 1.93. The number of fused-ring (bicyclic) bond motifs is 1. The molecule has 0 amide bonds. The zero-order chi connectivity index (χ0) is 9.26.